The molecular formula is C24H14F3N3O6S. The summed E-state index contributed by atoms with van der Waals surface area (Å²) in [7, 11) is 0. The van der Waals surface area contributed by atoms with Crippen molar-refractivity contribution < 1.29 is 32.5 Å². The maximum atomic E-state index is 13.6. The topological polar surface area (TPSA) is 116 Å². The zero-order valence-corrected chi connectivity index (χ0v) is 19.3. The number of carboxylic acids is 1. The fourth-order valence-electron chi connectivity index (χ4n) is 4.49. The molecule has 6 rings (SSSR count). The number of aromatic amines is 1. The van der Waals surface area contributed by atoms with Crippen molar-refractivity contribution >= 4 is 39.1 Å². The van der Waals surface area contributed by atoms with Crippen LogP contribution in [-0.2, 0) is 12.7 Å². The van der Waals surface area contributed by atoms with Gasteiger partial charge in [-0.05, 0) is 35.9 Å². The molecule has 188 valence electrons. The molecule has 13 heteroatoms. The number of halogens is 3. The Balaban J connectivity index is 1.69. The third-order valence-corrected chi connectivity index (χ3v) is 6.85. The SMILES string of the molecule is O=C(O)c1c(-n2c(=O)[nH]c3cscc3c2=O)c2cc(C(F)(F)F)ccc2n1Cc1ccc2c(c1)OCO2. The molecule has 5 aromatic rings. The summed E-state index contributed by atoms with van der Waals surface area (Å²) in [5.41, 5.74) is -2.95. The number of thiophene rings is 1. The molecule has 1 aliphatic heterocycles. The van der Waals surface area contributed by atoms with E-state index >= 15 is 0 Å². The number of carbonyl (C=O) groups is 1. The smallest absolute Gasteiger partial charge is 0.416 e. The minimum atomic E-state index is -4.75. The van der Waals surface area contributed by atoms with E-state index in [2.05, 4.69) is 4.98 Å². The Hall–Kier alpha value is -4.52. The van der Waals surface area contributed by atoms with Crippen LogP contribution in [0.15, 0.2) is 56.7 Å². The van der Waals surface area contributed by atoms with E-state index in [1.54, 1.807) is 18.2 Å². The van der Waals surface area contributed by atoms with Gasteiger partial charge in [-0.15, -0.1) is 11.3 Å². The van der Waals surface area contributed by atoms with Crippen molar-refractivity contribution in [3.05, 3.63) is 84.8 Å². The average Bonchev–Trinajstić information content (AvgIpc) is 3.56. The number of alkyl halides is 3. The number of rotatable bonds is 4. The first kappa shape index (κ1) is 22.9. The molecule has 2 aromatic carbocycles. The van der Waals surface area contributed by atoms with Gasteiger partial charge in [0.05, 0.1) is 27.7 Å². The van der Waals surface area contributed by atoms with Crippen molar-refractivity contribution in [2.75, 3.05) is 6.79 Å². The van der Waals surface area contributed by atoms with E-state index in [-0.39, 0.29) is 35.1 Å². The molecular weight excluding hydrogens is 515 g/mol. The summed E-state index contributed by atoms with van der Waals surface area (Å²) in [4.78, 5) is 41.4. The highest BCUT2D eigenvalue weighted by Crippen LogP contribution is 2.37. The van der Waals surface area contributed by atoms with E-state index in [4.69, 9.17) is 9.47 Å². The van der Waals surface area contributed by atoms with Crippen LogP contribution in [0.1, 0.15) is 21.6 Å². The Labute approximate surface area is 207 Å². The largest absolute Gasteiger partial charge is 0.477 e. The minimum Gasteiger partial charge on any atom is -0.477 e. The van der Waals surface area contributed by atoms with Gasteiger partial charge in [-0.3, -0.25) is 4.79 Å². The van der Waals surface area contributed by atoms with Gasteiger partial charge < -0.3 is 24.1 Å². The van der Waals surface area contributed by atoms with Crippen LogP contribution in [-0.4, -0.2) is 32.0 Å². The summed E-state index contributed by atoms with van der Waals surface area (Å²) >= 11 is 1.14. The summed E-state index contributed by atoms with van der Waals surface area (Å²) in [6.07, 6.45) is -4.75. The number of aromatic nitrogens is 3. The second kappa shape index (κ2) is 8.00. The van der Waals surface area contributed by atoms with Gasteiger partial charge in [0.15, 0.2) is 17.2 Å². The van der Waals surface area contributed by atoms with Crippen molar-refractivity contribution in [1.82, 2.24) is 14.1 Å². The standard InChI is InChI=1S/C24H14F3N3O6S/c25-24(26,27)12-2-3-16-13(6-12)19(30-21(31)14-8-37-9-15(14)28-23(30)34)20(22(32)33)29(16)7-11-1-4-17-18(5-11)36-10-35-17/h1-6,8-9H,7,10H2,(H,28,34)(H,32,33). The summed E-state index contributed by atoms with van der Waals surface area (Å²) in [6, 6.07) is 7.61. The predicted molar refractivity (Wildman–Crippen MR) is 127 cm³/mol. The normalized spacial score (nSPS) is 13.1. The monoisotopic (exact) mass is 529 g/mol. The lowest BCUT2D eigenvalue weighted by Crippen LogP contribution is -2.34. The van der Waals surface area contributed by atoms with Crippen LogP contribution in [0.5, 0.6) is 11.5 Å². The lowest BCUT2D eigenvalue weighted by molar-refractivity contribution is -0.137. The van der Waals surface area contributed by atoms with Crippen molar-refractivity contribution in [3.63, 3.8) is 0 Å². The Morgan fingerprint density at radius 3 is 2.59 bits per heavy atom. The molecule has 0 spiro atoms. The van der Waals surface area contributed by atoms with Crippen LogP contribution in [0.25, 0.3) is 27.5 Å². The quantitative estimate of drug-likeness (QED) is 0.361. The van der Waals surface area contributed by atoms with E-state index in [1.807, 2.05) is 0 Å². The summed E-state index contributed by atoms with van der Waals surface area (Å²) in [5.74, 6) is -0.601. The maximum absolute atomic E-state index is 13.6. The number of aromatic carboxylic acids is 1. The first-order valence-corrected chi connectivity index (χ1v) is 11.6. The highest BCUT2D eigenvalue weighted by atomic mass is 32.1. The van der Waals surface area contributed by atoms with E-state index in [0.717, 1.165) is 29.5 Å². The molecule has 2 N–H and O–H groups in total. The van der Waals surface area contributed by atoms with Crippen LogP contribution in [0, 0.1) is 0 Å². The van der Waals surface area contributed by atoms with Crippen molar-refractivity contribution in [3.8, 4) is 17.2 Å². The van der Waals surface area contributed by atoms with Gasteiger partial charge >= 0.3 is 17.8 Å². The molecule has 3 aromatic heterocycles. The van der Waals surface area contributed by atoms with Crippen LogP contribution in [0.4, 0.5) is 13.2 Å². The van der Waals surface area contributed by atoms with Crippen molar-refractivity contribution in [2.24, 2.45) is 0 Å². The molecule has 0 fully saturated rings. The second-order valence-electron chi connectivity index (χ2n) is 8.28. The van der Waals surface area contributed by atoms with Crippen LogP contribution in [0.3, 0.4) is 0 Å². The number of nitrogens with zero attached hydrogens (tertiary/aromatic N) is 2. The van der Waals surface area contributed by atoms with Gasteiger partial charge in [0, 0.05) is 22.7 Å². The first-order valence-electron chi connectivity index (χ1n) is 10.7. The molecule has 0 aliphatic carbocycles. The number of carboxylic acid groups (broad SMARTS) is 1. The zero-order chi connectivity index (χ0) is 26.1. The average molecular weight is 529 g/mol. The number of hydrogen-bond donors (Lipinski definition) is 2. The number of benzene rings is 2. The number of hydrogen-bond acceptors (Lipinski definition) is 6. The lowest BCUT2D eigenvalue weighted by Gasteiger charge is -2.11. The van der Waals surface area contributed by atoms with E-state index < -0.39 is 40.3 Å². The molecule has 0 saturated heterocycles. The Kier molecular flexibility index (Phi) is 4.95. The summed E-state index contributed by atoms with van der Waals surface area (Å²) in [5, 5.41) is 13.1. The molecule has 0 unspecified atom stereocenters. The maximum Gasteiger partial charge on any atom is 0.416 e. The lowest BCUT2D eigenvalue weighted by atomic mass is 10.1. The molecule has 1 aliphatic rings. The molecule has 0 saturated carbocycles. The Bertz CT molecular complexity index is 1860. The molecule has 9 nitrogen and oxygen atoms in total. The molecule has 0 radical (unpaired) electrons. The number of fused-ring (bicyclic) bond motifs is 3. The highest BCUT2D eigenvalue weighted by Gasteiger charge is 2.33. The first-order chi connectivity index (χ1) is 17.6. The molecule has 0 amide bonds. The van der Waals surface area contributed by atoms with Crippen molar-refractivity contribution in [1.29, 1.82) is 0 Å². The third-order valence-electron chi connectivity index (χ3n) is 6.11. The highest BCUT2D eigenvalue weighted by molar-refractivity contribution is 7.09. The van der Waals surface area contributed by atoms with E-state index in [0.29, 0.717) is 21.6 Å². The number of ether oxygens (including phenoxy) is 2. The van der Waals surface area contributed by atoms with Crippen LogP contribution < -0.4 is 20.7 Å². The van der Waals surface area contributed by atoms with Gasteiger partial charge in [-0.2, -0.15) is 13.2 Å². The second-order valence-corrected chi connectivity index (χ2v) is 9.02. The summed E-state index contributed by atoms with van der Waals surface area (Å²) in [6.45, 7) is -0.0831. The van der Waals surface area contributed by atoms with Gasteiger partial charge in [0.25, 0.3) is 5.56 Å². The summed E-state index contributed by atoms with van der Waals surface area (Å²) < 4.78 is 53.4. The van der Waals surface area contributed by atoms with Crippen molar-refractivity contribution in [2.45, 2.75) is 12.7 Å². The Morgan fingerprint density at radius 1 is 1.05 bits per heavy atom. The number of nitrogens with one attached hydrogen (secondary N) is 1. The van der Waals surface area contributed by atoms with Crippen LogP contribution in [0.2, 0.25) is 0 Å². The zero-order valence-electron chi connectivity index (χ0n) is 18.5. The van der Waals surface area contributed by atoms with E-state index in [9.17, 15) is 32.7 Å². The molecule has 4 heterocycles. The van der Waals surface area contributed by atoms with E-state index in [1.165, 1.54) is 15.3 Å². The fourth-order valence-corrected chi connectivity index (χ4v) is 5.24. The molecule has 0 bridgehead atoms. The third kappa shape index (κ3) is 3.57. The fraction of sp³-hybridized carbons (Fsp3) is 0.125. The minimum absolute atomic E-state index is 0.0206. The molecule has 37 heavy (non-hydrogen) atoms. The number of H-pyrrole nitrogens is 1. The van der Waals surface area contributed by atoms with Gasteiger partial charge in [0.2, 0.25) is 6.79 Å². The van der Waals surface area contributed by atoms with Gasteiger partial charge in [-0.1, -0.05) is 6.07 Å². The molecule has 0 atom stereocenters. The van der Waals surface area contributed by atoms with Gasteiger partial charge in [-0.25, -0.2) is 14.2 Å². The van der Waals surface area contributed by atoms with Crippen LogP contribution >= 0.6 is 11.3 Å². The van der Waals surface area contributed by atoms with Gasteiger partial charge in [0.1, 0.15) is 0 Å². The predicted octanol–water partition coefficient (Wildman–Crippen LogP) is 4.19. The Morgan fingerprint density at radius 2 is 1.84 bits per heavy atom.